The summed E-state index contributed by atoms with van der Waals surface area (Å²) in [6.07, 6.45) is 1.98. The van der Waals surface area contributed by atoms with E-state index in [2.05, 4.69) is 20.9 Å². The summed E-state index contributed by atoms with van der Waals surface area (Å²) in [4.78, 5) is 12.5. The van der Waals surface area contributed by atoms with Gasteiger partial charge < -0.3 is 15.4 Å². The number of amides is 1. The summed E-state index contributed by atoms with van der Waals surface area (Å²) in [5.41, 5.74) is 1.97. The number of carbonyl (C=O) groups is 1. The maximum absolute atomic E-state index is 12.5. The molecule has 134 valence electrons. The lowest BCUT2D eigenvalue weighted by Gasteiger charge is -2.23. The minimum atomic E-state index is -0.250. The summed E-state index contributed by atoms with van der Waals surface area (Å²) in [6.45, 7) is 4.11. The molecule has 1 aromatic heterocycles. The molecule has 0 atom stereocenters. The van der Waals surface area contributed by atoms with Crippen molar-refractivity contribution in [1.82, 2.24) is 25.6 Å². The molecule has 2 N–H and O–H groups in total. The summed E-state index contributed by atoms with van der Waals surface area (Å²) in [7, 11) is 1.59. The standard InChI is InChI=1S/C17H22ClN5O2/c1-11-16(21-22-23(11)14-5-7-19-8-6-14)17(24)20-10-12-9-13(18)3-4-15(12)25-2/h3-4,9,14,19H,5-8,10H2,1-2H3,(H,20,24). The molecule has 25 heavy (non-hydrogen) atoms. The van der Waals surface area contributed by atoms with E-state index in [9.17, 15) is 4.79 Å². The molecule has 1 saturated heterocycles. The third-order valence-corrected chi connectivity index (χ3v) is 4.71. The molecule has 0 bridgehead atoms. The van der Waals surface area contributed by atoms with E-state index in [-0.39, 0.29) is 5.91 Å². The third kappa shape index (κ3) is 3.93. The van der Waals surface area contributed by atoms with Crippen molar-refractivity contribution in [2.45, 2.75) is 32.4 Å². The first-order chi connectivity index (χ1) is 12.1. The Bertz CT molecular complexity index is 755. The van der Waals surface area contributed by atoms with Crippen LogP contribution in [0.15, 0.2) is 18.2 Å². The smallest absolute Gasteiger partial charge is 0.274 e. The first kappa shape index (κ1) is 17.7. The Morgan fingerprint density at radius 1 is 1.44 bits per heavy atom. The Morgan fingerprint density at radius 2 is 2.20 bits per heavy atom. The molecule has 1 amide bonds. The van der Waals surface area contributed by atoms with E-state index >= 15 is 0 Å². The van der Waals surface area contributed by atoms with Crippen LogP contribution >= 0.6 is 11.6 Å². The van der Waals surface area contributed by atoms with Gasteiger partial charge in [-0.2, -0.15) is 0 Å². The number of nitrogens with zero attached hydrogens (tertiary/aromatic N) is 3. The Morgan fingerprint density at radius 3 is 2.92 bits per heavy atom. The summed E-state index contributed by atoms with van der Waals surface area (Å²) in [5.74, 6) is 0.430. The first-order valence-electron chi connectivity index (χ1n) is 8.33. The van der Waals surface area contributed by atoms with Gasteiger partial charge >= 0.3 is 0 Å². The van der Waals surface area contributed by atoms with Gasteiger partial charge in [0.2, 0.25) is 0 Å². The lowest BCUT2D eigenvalue weighted by atomic mass is 10.1. The molecule has 1 aliphatic heterocycles. The molecular formula is C17H22ClN5O2. The van der Waals surface area contributed by atoms with Crippen LogP contribution in [0.2, 0.25) is 5.02 Å². The van der Waals surface area contributed by atoms with Gasteiger partial charge in [-0.15, -0.1) is 5.10 Å². The molecule has 0 radical (unpaired) electrons. The van der Waals surface area contributed by atoms with Crippen LogP contribution in [-0.2, 0) is 6.54 Å². The second kappa shape index (κ2) is 7.84. The monoisotopic (exact) mass is 363 g/mol. The molecule has 8 heteroatoms. The van der Waals surface area contributed by atoms with Crippen molar-refractivity contribution >= 4 is 17.5 Å². The zero-order valence-electron chi connectivity index (χ0n) is 14.4. The van der Waals surface area contributed by atoms with Crippen molar-refractivity contribution in [3.63, 3.8) is 0 Å². The van der Waals surface area contributed by atoms with Gasteiger partial charge in [0.05, 0.1) is 18.8 Å². The largest absolute Gasteiger partial charge is 0.496 e. The van der Waals surface area contributed by atoms with Crippen LogP contribution in [0.3, 0.4) is 0 Å². The summed E-state index contributed by atoms with van der Waals surface area (Å²) in [5, 5.41) is 15.1. The highest BCUT2D eigenvalue weighted by molar-refractivity contribution is 6.30. The topological polar surface area (TPSA) is 81.1 Å². The Balaban J connectivity index is 1.70. The maximum atomic E-state index is 12.5. The van der Waals surface area contributed by atoms with Gasteiger partial charge in [-0.1, -0.05) is 16.8 Å². The van der Waals surface area contributed by atoms with Crippen LogP contribution in [0.5, 0.6) is 5.75 Å². The number of aromatic nitrogens is 3. The third-order valence-electron chi connectivity index (χ3n) is 4.48. The van der Waals surface area contributed by atoms with Crippen molar-refractivity contribution in [1.29, 1.82) is 0 Å². The number of halogens is 1. The fourth-order valence-corrected chi connectivity index (χ4v) is 3.29. The Kier molecular flexibility index (Phi) is 5.55. The second-order valence-electron chi connectivity index (χ2n) is 6.09. The molecule has 7 nitrogen and oxygen atoms in total. The van der Waals surface area contributed by atoms with Crippen LogP contribution in [0, 0.1) is 6.92 Å². The summed E-state index contributed by atoms with van der Waals surface area (Å²) >= 11 is 6.02. The SMILES string of the molecule is COc1ccc(Cl)cc1CNC(=O)c1nnn(C2CCNCC2)c1C. The zero-order chi connectivity index (χ0) is 17.8. The Labute approximate surface area is 151 Å². The van der Waals surface area contributed by atoms with Crippen LogP contribution in [0.4, 0.5) is 0 Å². The van der Waals surface area contributed by atoms with Gasteiger partial charge in [-0.25, -0.2) is 4.68 Å². The van der Waals surface area contributed by atoms with E-state index in [0.29, 0.717) is 29.1 Å². The van der Waals surface area contributed by atoms with Crippen molar-refractivity contribution < 1.29 is 9.53 Å². The molecule has 3 rings (SSSR count). The average molecular weight is 364 g/mol. The lowest BCUT2D eigenvalue weighted by molar-refractivity contribution is 0.0945. The minimum Gasteiger partial charge on any atom is -0.496 e. The molecule has 2 heterocycles. The number of piperidine rings is 1. The van der Waals surface area contributed by atoms with Gasteiger partial charge in [0, 0.05) is 17.1 Å². The number of nitrogens with one attached hydrogen (secondary N) is 2. The Hall–Kier alpha value is -2.12. The van der Waals surface area contributed by atoms with E-state index in [1.807, 2.05) is 11.6 Å². The van der Waals surface area contributed by atoms with Crippen molar-refractivity contribution in [3.8, 4) is 5.75 Å². The highest BCUT2D eigenvalue weighted by Gasteiger charge is 2.22. The number of methoxy groups -OCH3 is 1. The van der Waals surface area contributed by atoms with Crippen LogP contribution in [0.1, 0.15) is 40.6 Å². The van der Waals surface area contributed by atoms with E-state index in [0.717, 1.165) is 37.2 Å². The highest BCUT2D eigenvalue weighted by atomic mass is 35.5. The fourth-order valence-electron chi connectivity index (χ4n) is 3.09. The van der Waals surface area contributed by atoms with Gasteiger partial charge in [-0.3, -0.25) is 4.79 Å². The number of benzene rings is 1. The normalized spacial score (nSPS) is 15.2. The van der Waals surface area contributed by atoms with Crippen LogP contribution in [0.25, 0.3) is 0 Å². The quantitative estimate of drug-likeness (QED) is 0.850. The van der Waals surface area contributed by atoms with E-state index in [4.69, 9.17) is 16.3 Å². The second-order valence-corrected chi connectivity index (χ2v) is 6.52. The number of ether oxygens (including phenoxy) is 1. The molecule has 1 fully saturated rings. The van der Waals surface area contributed by atoms with E-state index in [1.54, 1.807) is 25.3 Å². The molecule has 1 aromatic carbocycles. The van der Waals surface area contributed by atoms with Gasteiger partial charge in [-0.05, 0) is 51.1 Å². The molecule has 1 aliphatic rings. The summed E-state index contributed by atoms with van der Waals surface area (Å²) in [6, 6.07) is 5.60. The van der Waals surface area contributed by atoms with Crippen molar-refractivity contribution in [2.75, 3.05) is 20.2 Å². The molecule has 0 saturated carbocycles. The van der Waals surface area contributed by atoms with E-state index < -0.39 is 0 Å². The van der Waals surface area contributed by atoms with E-state index in [1.165, 1.54) is 0 Å². The number of carbonyl (C=O) groups excluding carboxylic acids is 1. The van der Waals surface area contributed by atoms with Gasteiger partial charge in [0.1, 0.15) is 5.75 Å². The highest BCUT2D eigenvalue weighted by Crippen LogP contribution is 2.23. The van der Waals surface area contributed by atoms with Crippen molar-refractivity contribution in [2.24, 2.45) is 0 Å². The average Bonchev–Trinajstić information content (AvgIpc) is 3.02. The molecule has 0 spiro atoms. The fraction of sp³-hybridized carbons (Fsp3) is 0.471. The molecular weight excluding hydrogens is 342 g/mol. The number of hydrogen-bond donors (Lipinski definition) is 2. The maximum Gasteiger partial charge on any atom is 0.274 e. The van der Waals surface area contributed by atoms with Gasteiger partial charge in [0.25, 0.3) is 5.91 Å². The first-order valence-corrected chi connectivity index (χ1v) is 8.71. The number of rotatable bonds is 5. The predicted molar refractivity (Wildman–Crippen MR) is 95.1 cm³/mol. The lowest BCUT2D eigenvalue weighted by Crippen LogP contribution is -2.30. The van der Waals surface area contributed by atoms with Crippen molar-refractivity contribution in [3.05, 3.63) is 40.2 Å². The molecule has 0 aliphatic carbocycles. The van der Waals surface area contributed by atoms with Crippen LogP contribution < -0.4 is 15.4 Å². The number of hydrogen-bond acceptors (Lipinski definition) is 5. The predicted octanol–water partition coefficient (Wildman–Crippen LogP) is 2.10. The minimum absolute atomic E-state index is 0.250. The summed E-state index contributed by atoms with van der Waals surface area (Å²) < 4.78 is 7.17. The molecule has 0 unspecified atom stereocenters. The van der Waals surface area contributed by atoms with Gasteiger partial charge in [0.15, 0.2) is 5.69 Å². The zero-order valence-corrected chi connectivity index (χ0v) is 15.1. The van der Waals surface area contributed by atoms with Crippen LogP contribution in [-0.4, -0.2) is 41.1 Å². The molecule has 2 aromatic rings.